The van der Waals surface area contributed by atoms with Gasteiger partial charge in [0.15, 0.2) is 0 Å². The number of benzene rings is 1. The smallest absolute Gasteiger partial charge is 0.347 e. The van der Waals surface area contributed by atoms with Crippen molar-refractivity contribution in [3.63, 3.8) is 0 Å². The molecule has 1 amide bonds. The van der Waals surface area contributed by atoms with Crippen molar-refractivity contribution in [1.29, 1.82) is 0 Å². The van der Waals surface area contributed by atoms with Crippen molar-refractivity contribution in [3.05, 3.63) is 51.0 Å². The van der Waals surface area contributed by atoms with E-state index in [1.54, 1.807) is 26.0 Å². The molecule has 6 heteroatoms. The summed E-state index contributed by atoms with van der Waals surface area (Å²) in [4.78, 5) is 27.8. The topological polar surface area (TPSA) is 79.3 Å². The van der Waals surface area contributed by atoms with E-state index in [2.05, 4.69) is 24.1 Å². The lowest BCUT2D eigenvalue weighted by atomic mass is 10.0. The molecule has 1 unspecified atom stereocenters. The van der Waals surface area contributed by atoms with Crippen molar-refractivity contribution in [2.24, 2.45) is 0 Å². The predicted molar refractivity (Wildman–Crippen MR) is 90.2 cm³/mol. The molecule has 0 saturated carbocycles. The Morgan fingerprint density at radius 2 is 1.78 bits per heavy atom. The second kappa shape index (κ2) is 6.91. The lowest BCUT2D eigenvalue weighted by Crippen LogP contribution is -2.26. The first-order chi connectivity index (χ1) is 10.8. The fraction of sp³-hybridized carbons (Fsp3) is 0.353. The zero-order chi connectivity index (χ0) is 17.1. The first kappa shape index (κ1) is 17.1. The van der Waals surface area contributed by atoms with Crippen LogP contribution in [0.2, 0.25) is 0 Å². The van der Waals surface area contributed by atoms with E-state index in [0.717, 1.165) is 11.3 Å². The molecule has 0 saturated heterocycles. The number of carbonyl (C=O) groups is 2. The minimum Gasteiger partial charge on any atom is -0.477 e. The first-order valence-electron chi connectivity index (χ1n) is 7.41. The molecule has 1 aromatic carbocycles. The minimum atomic E-state index is -0.992. The molecule has 2 N–H and O–H groups in total. The van der Waals surface area contributed by atoms with Gasteiger partial charge >= 0.3 is 5.97 Å². The van der Waals surface area contributed by atoms with Gasteiger partial charge in [0.25, 0.3) is 5.91 Å². The van der Waals surface area contributed by atoms with Crippen LogP contribution in [0.1, 0.15) is 69.0 Å². The monoisotopic (exact) mass is 332 g/mol. The van der Waals surface area contributed by atoms with E-state index in [9.17, 15) is 9.59 Å². The van der Waals surface area contributed by atoms with Crippen molar-refractivity contribution in [3.8, 4) is 0 Å². The van der Waals surface area contributed by atoms with Gasteiger partial charge in [-0.15, -0.1) is 11.3 Å². The van der Waals surface area contributed by atoms with E-state index in [-0.39, 0.29) is 16.8 Å². The number of rotatable bonds is 5. The van der Waals surface area contributed by atoms with Crippen molar-refractivity contribution in [2.45, 2.75) is 39.7 Å². The van der Waals surface area contributed by atoms with Gasteiger partial charge in [0, 0.05) is 5.56 Å². The lowest BCUT2D eigenvalue weighted by molar-refractivity contribution is 0.0701. The fourth-order valence-corrected chi connectivity index (χ4v) is 3.07. The Bertz CT molecular complexity index is 720. The van der Waals surface area contributed by atoms with Crippen LogP contribution in [0.5, 0.6) is 0 Å². The van der Waals surface area contributed by atoms with Gasteiger partial charge in [-0.25, -0.2) is 9.78 Å². The molecule has 0 spiro atoms. The Morgan fingerprint density at radius 3 is 2.26 bits per heavy atom. The van der Waals surface area contributed by atoms with Crippen LogP contribution in [0, 0.1) is 6.92 Å². The molecule has 0 aliphatic carbocycles. The first-order valence-corrected chi connectivity index (χ1v) is 8.22. The number of hydrogen-bond donors (Lipinski definition) is 2. The molecule has 2 aromatic rings. The summed E-state index contributed by atoms with van der Waals surface area (Å²) in [5, 5.41) is 12.5. The molecule has 1 heterocycles. The van der Waals surface area contributed by atoms with Crippen LogP contribution >= 0.6 is 11.3 Å². The highest BCUT2D eigenvalue weighted by molar-refractivity contribution is 7.13. The number of carboxylic acid groups (broad SMARTS) is 1. The van der Waals surface area contributed by atoms with Gasteiger partial charge in [-0.05, 0) is 37.5 Å². The molecule has 0 bridgehead atoms. The molecule has 1 aromatic heterocycles. The maximum absolute atomic E-state index is 12.3. The van der Waals surface area contributed by atoms with E-state index >= 15 is 0 Å². The third-order valence-electron chi connectivity index (χ3n) is 3.56. The van der Waals surface area contributed by atoms with Crippen LogP contribution < -0.4 is 5.32 Å². The van der Waals surface area contributed by atoms with Gasteiger partial charge in [0.1, 0.15) is 9.88 Å². The van der Waals surface area contributed by atoms with Crippen molar-refractivity contribution >= 4 is 23.2 Å². The van der Waals surface area contributed by atoms with Gasteiger partial charge in [-0.1, -0.05) is 26.0 Å². The Morgan fingerprint density at radius 1 is 1.17 bits per heavy atom. The number of aryl methyl sites for hydroxylation is 1. The average molecular weight is 332 g/mol. The lowest BCUT2D eigenvalue weighted by Gasteiger charge is -2.12. The number of carbonyl (C=O) groups excluding carboxylic acids is 1. The quantitative estimate of drug-likeness (QED) is 0.873. The summed E-state index contributed by atoms with van der Waals surface area (Å²) in [5.74, 6) is -0.773. The van der Waals surface area contributed by atoms with Gasteiger partial charge in [0.2, 0.25) is 0 Å². The highest BCUT2D eigenvalue weighted by atomic mass is 32.1. The molecule has 23 heavy (non-hydrogen) atoms. The molecule has 0 aliphatic heterocycles. The SMILES string of the molecule is Cc1nc(C(C)NC(=O)c2ccc(C(C)C)cc2)sc1C(=O)O. The number of thiazole rings is 1. The second-order valence-corrected chi connectivity index (χ2v) is 6.77. The zero-order valence-corrected chi connectivity index (χ0v) is 14.4. The molecular weight excluding hydrogens is 312 g/mol. The predicted octanol–water partition coefficient (Wildman–Crippen LogP) is 3.76. The largest absolute Gasteiger partial charge is 0.477 e. The van der Waals surface area contributed by atoms with E-state index in [4.69, 9.17) is 5.11 Å². The van der Waals surface area contributed by atoms with Crippen LogP contribution in [0.15, 0.2) is 24.3 Å². The minimum absolute atomic E-state index is 0.197. The van der Waals surface area contributed by atoms with Crippen LogP contribution in [0.4, 0.5) is 0 Å². The molecule has 5 nitrogen and oxygen atoms in total. The number of amides is 1. The van der Waals surface area contributed by atoms with Crippen LogP contribution in [-0.4, -0.2) is 22.0 Å². The summed E-state index contributed by atoms with van der Waals surface area (Å²) in [5.41, 5.74) is 2.23. The van der Waals surface area contributed by atoms with E-state index in [0.29, 0.717) is 22.2 Å². The van der Waals surface area contributed by atoms with Crippen LogP contribution in [0.3, 0.4) is 0 Å². The highest BCUT2D eigenvalue weighted by Gasteiger charge is 2.19. The van der Waals surface area contributed by atoms with Crippen molar-refractivity contribution in [2.75, 3.05) is 0 Å². The molecule has 0 aliphatic rings. The Labute approximate surface area is 139 Å². The van der Waals surface area contributed by atoms with E-state index in [1.807, 2.05) is 12.1 Å². The maximum atomic E-state index is 12.3. The summed E-state index contributed by atoms with van der Waals surface area (Å²) < 4.78 is 0. The molecule has 122 valence electrons. The number of carboxylic acids is 1. The summed E-state index contributed by atoms with van der Waals surface area (Å²) in [7, 11) is 0. The van der Waals surface area contributed by atoms with Crippen molar-refractivity contribution < 1.29 is 14.7 Å². The normalized spacial score (nSPS) is 12.2. The number of hydrogen-bond acceptors (Lipinski definition) is 4. The van der Waals surface area contributed by atoms with Crippen LogP contribution in [-0.2, 0) is 0 Å². The third kappa shape index (κ3) is 3.96. The number of nitrogens with zero attached hydrogens (tertiary/aromatic N) is 1. The van der Waals surface area contributed by atoms with Gasteiger partial charge < -0.3 is 10.4 Å². The van der Waals surface area contributed by atoms with Gasteiger partial charge in [-0.3, -0.25) is 4.79 Å². The number of aromatic carboxylic acids is 1. The van der Waals surface area contributed by atoms with Gasteiger partial charge in [-0.2, -0.15) is 0 Å². The number of nitrogens with one attached hydrogen (secondary N) is 1. The summed E-state index contributed by atoms with van der Waals surface area (Å²) in [6.45, 7) is 7.65. The Hall–Kier alpha value is -2.21. The molecule has 0 radical (unpaired) electrons. The summed E-state index contributed by atoms with van der Waals surface area (Å²) >= 11 is 1.09. The highest BCUT2D eigenvalue weighted by Crippen LogP contribution is 2.24. The summed E-state index contributed by atoms with van der Waals surface area (Å²) in [6, 6.07) is 7.14. The van der Waals surface area contributed by atoms with Crippen molar-refractivity contribution in [1.82, 2.24) is 10.3 Å². The molecule has 2 rings (SSSR count). The van der Waals surface area contributed by atoms with E-state index in [1.165, 1.54) is 5.56 Å². The Balaban J connectivity index is 2.10. The second-order valence-electron chi connectivity index (χ2n) is 5.74. The standard InChI is InChI=1S/C17H20N2O3S/c1-9(2)12-5-7-13(8-6-12)15(20)18-11(4)16-19-10(3)14(23-16)17(21)22/h5-9,11H,1-4H3,(H,18,20)(H,21,22). The van der Waals surface area contributed by atoms with E-state index < -0.39 is 5.97 Å². The molecule has 1 atom stereocenters. The Kier molecular flexibility index (Phi) is 5.15. The molecule has 0 fully saturated rings. The average Bonchev–Trinajstić information content (AvgIpc) is 2.89. The fourth-order valence-electron chi connectivity index (χ4n) is 2.16. The number of aromatic nitrogens is 1. The van der Waals surface area contributed by atoms with Crippen LogP contribution in [0.25, 0.3) is 0 Å². The maximum Gasteiger partial charge on any atom is 0.347 e. The zero-order valence-electron chi connectivity index (χ0n) is 13.6. The third-order valence-corrected chi connectivity index (χ3v) is 4.89. The summed E-state index contributed by atoms with van der Waals surface area (Å²) in [6.07, 6.45) is 0. The van der Waals surface area contributed by atoms with Gasteiger partial charge in [0.05, 0.1) is 11.7 Å². The molecular formula is C17H20N2O3S.